The Balaban J connectivity index is 1.57. The Morgan fingerprint density at radius 3 is 2.05 bits per heavy atom. The van der Waals surface area contributed by atoms with E-state index in [-0.39, 0.29) is 11.8 Å². The van der Waals surface area contributed by atoms with Crippen LogP contribution in [0.15, 0.2) is 24.3 Å². The summed E-state index contributed by atoms with van der Waals surface area (Å²) in [5.74, 6) is -0.693. The van der Waals surface area contributed by atoms with Crippen LogP contribution in [0.2, 0.25) is 5.02 Å². The van der Waals surface area contributed by atoms with E-state index >= 15 is 0 Å². The summed E-state index contributed by atoms with van der Waals surface area (Å²) in [5.41, 5.74) is 1.06. The van der Waals surface area contributed by atoms with Crippen LogP contribution in [0.1, 0.15) is 12.8 Å². The molecule has 2 aliphatic rings. The third kappa shape index (κ3) is 3.19. The van der Waals surface area contributed by atoms with Crippen molar-refractivity contribution in [2.45, 2.75) is 12.8 Å². The van der Waals surface area contributed by atoms with Gasteiger partial charge in [-0.3, -0.25) is 9.59 Å². The molecule has 2 heterocycles. The minimum Gasteiger partial charge on any atom is -0.368 e. The molecule has 118 valence electrons. The van der Waals surface area contributed by atoms with Gasteiger partial charge in [-0.1, -0.05) is 17.7 Å². The van der Waals surface area contributed by atoms with Crippen molar-refractivity contribution < 1.29 is 9.59 Å². The van der Waals surface area contributed by atoms with Crippen LogP contribution in [0.25, 0.3) is 0 Å². The van der Waals surface area contributed by atoms with Gasteiger partial charge in [0, 0.05) is 50.0 Å². The molecule has 0 bridgehead atoms. The molecule has 0 aromatic heterocycles. The number of carbonyl (C=O) groups excluding carboxylic acids is 2. The molecule has 22 heavy (non-hydrogen) atoms. The molecule has 5 nitrogen and oxygen atoms in total. The minimum atomic E-state index is -0.354. The fourth-order valence-electron chi connectivity index (χ4n) is 3.03. The van der Waals surface area contributed by atoms with Crippen LogP contribution in [-0.2, 0) is 9.59 Å². The highest BCUT2D eigenvalue weighted by Crippen LogP contribution is 2.21. The molecular weight excluding hydrogens is 302 g/mol. The number of benzene rings is 1. The molecular formula is C16H20ClN3O2. The second-order valence-electron chi connectivity index (χ2n) is 5.76. The van der Waals surface area contributed by atoms with Gasteiger partial charge < -0.3 is 14.7 Å². The topological polar surface area (TPSA) is 43.9 Å². The van der Waals surface area contributed by atoms with Crippen molar-refractivity contribution in [3.63, 3.8) is 0 Å². The van der Waals surface area contributed by atoms with Crippen LogP contribution in [-0.4, -0.2) is 60.9 Å². The first-order chi connectivity index (χ1) is 10.6. The SMILES string of the molecule is O=C(C(=O)N1CCN(c2cccc(Cl)c2)CC1)N1CCCC1. The van der Waals surface area contributed by atoms with Gasteiger partial charge in [-0.2, -0.15) is 0 Å². The molecule has 2 aliphatic heterocycles. The lowest BCUT2D eigenvalue weighted by Gasteiger charge is -2.36. The average molecular weight is 322 g/mol. The fourth-order valence-corrected chi connectivity index (χ4v) is 3.22. The van der Waals surface area contributed by atoms with Gasteiger partial charge in [-0.25, -0.2) is 0 Å². The molecule has 2 fully saturated rings. The van der Waals surface area contributed by atoms with Gasteiger partial charge in [0.05, 0.1) is 0 Å². The monoisotopic (exact) mass is 321 g/mol. The summed E-state index contributed by atoms with van der Waals surface area (Å²) in [5, 5.41) is 0.709. The van der Waals surface area contributed by atoms with E-state index in [1.807, 2.05) is 24.3 Å². The van der Waals surface area contributed by atoms with Crippen molar-refractivity contribution in [2.24, 2.45) is 0 Å². The van der Waals surface area contributed by atoms with Crippen molar-refractivity contribution in [1.82, 2.24) is 9.80 Å². The number of hydrogen-bond donors (Lipinski definition) is 0. The molecule has 2 saturated heterocycles. The predicted molar refractivity (Wildman–Crippen MR) is 86.1 cm³/mol. The number of anilines is 1. The smallest absolute Gasteiger partial charge is 0.312 e. The van der Waals surface area contributed by atoms with Crippen molar-refractivity contribution in [2.75, 3.05) is 44.2 Å². The largest absolute Gasteiger partial charge is 0.368 e. The third-order valence-corrected chi connectivity index (χ3v) is 4.55. The van der Waals surface area contributed by atoms with E-state index in [2.05, 4.69) is 4.90 Å². The Labute approximate surface area is 135 Å². The summed E-state index contributed by atoms with van der Waals surface area (Å²) in [7, 11) is 0. The van der Waals surface area contributed by atoms with Crippen molar-refractivity contribution in [3.05, 3.63) is 29.3 Å². The number of likely N-dealkylation sites (tertiary alicyclic amines) is 1. The maximum absolute atomic E-state index is 12.3. The van der Waals surface area contributed by atoms with Gasteiger partial charge in [-0.05, 0) is 31.0 Å². The lowest BCUT2D eigenvalue weighted by atomic mass is 10.2. The Morgan fingerprint density at radius 2 is 1.45 bits per heavy atom. The molecule has 6 heteroatoms. The maximum Gasteiger partial charge on any atom is 0.312 e. The summed E-state index contributed by atoms with van der Waals surface area (Å²) in [6.45, 7) is 4.02. The summed E-state index contributed by atoms with van der Waals surface area (Å²) in [6.07, 6.45) is 2.00. The van der Waals surface area contributed by atoms with Crippen molar-refractivity contribution in [3.8, 4) is 0 Å². The molecule has 0 radical (unpaired) electrons. The Kier molecular flexibility index (Phi) is 4.52. The molecule has 3 rings (SSSR count). The lowest BCUT2D eigenvalue weighted by molar-refractivity contribution is -0.151. The first-order valence-electron chi connectivity index (χ1n) is 7.74. The Bertz CT molecular complexity index is 564. The minimum absolute atomic E-state index is 0.339. The number of carbonyl (C=O) groups is 2. The molecule has 0 atom stereocenters. The zero-order valence-electron chi connectivity index (χ0n) is 12.5. The summed E-state index contributed by atoms with van der Waals surface area (Å²) in [6, 6.07) is 7.71. The van der Waals surface area contributed by atoms with Gasteiger partial charge in [-0.15, -0.1) is 0 Å². The molecule has 1 aromatic rings. The van der Waals surface area contributed by atoms with Crippen LogP contribution in [0.5, 0.6) is 0 Å². The second-order valence-corrected chi connectivity index (χ2v) is 6.19. The first kappa shape index (κ1) is 15.2. The summed E-state index contributed by atoms with van der Waals surface area (Å²) >= 11 is 6.02. The Morgan fingerprint density at radius 1 is 0.864 bits per heavy atom. The molecule has 0 N–H and O–H groups in total. The highest BCUT2D eigenvalue weighted by molar-refractivity contribution is 6.35. The van der Waals surface area contributed by atoms with E-state index in [9.17, 15) is 9.59 Å². The number of rotatable bonds is 1. The van der Waals surface area contributed by atoms with Crippen LogP contribution in [0.3, 0.4) is 0 Å². The van der Waals surface area contributed by atoms with Gasteiger partial charge in [0.25, 0.3) is 0 Å². The average Bonchev–Trinajstić information content (AvgIpc) is 3.08. The van der Waals surface area contributed by atoms with E-state index in [0.29, 0.717) is 31.2 Å². The van der Waals surface area contributed by atoms with Gasteiger partial charge >= 0.3 is 11.8 Å². The predicted octanol–water partition coefficient (Wildman–Crippen LogP) is 1.61. The number of hydrogen-bond acceptors (Lipinski definition) is 3. The van der Waals surface area contributed by atoms with E-state index in [0.717, 1.165) is 31.6 Å². The Hall–Kier alpha value is -1.75. The zero-order chi connectivity index (χ0) is 15.5. The van der Waals surface area contributed by atoms with Crippen LogP contribution in [0, 0.1) is 0 Å². The maximum atomic E-state index is 12.3. The van der Waals surface area contributed by atoms with E-state index in [1.165, 1.54) is 0 Å². The number of nitrogens with zero attached hydrogens (tertiary/aromatic N) is 3. The standard InChI is InChI=1S/C16H20ClN3O2/c17-13-4-3-5-14(12-13)18-8-10-20(11-9-18)16(22)15(21)19-6-1-2-7-19/h3-5,12H,1-2,6-11H2. The second kappa shape index (κ2) is 6.57. The number of amides is 2. The normalized spacial score (nSPS) is 18.7. The highest BCUT2D eigenvalue weighted by atomic mass is 35.5. The number of piperazine rings is 1. The molecule has 0 saturated carbocycles. The van der Waals surface area contributed by atoms with E-state index < -0.39 is 0 Å². The van der Waals surface area contributed by atoms with Crippen LogP contribution >= 0.6 is 11.6 Å². The van der Waals surface area contributed by atoms with Gasteiger partial charge in [0.1, 0.15) is 0 Å². The molecule has 0 aliphatic carbocycles. The number of halogens is 1. The summed E-state index contributed by atoms with van der Waals surface area (Å²) in [4.78, 5) is 30.0. The van der Waals surface area contributed by atoms with Crippen LogP contribution in [0.4, 0.5) is 5.69 Å². The molecule has 2 amide bonds. The van der Waals surface area contributed by atoms with Crippen molar-refractivity contribution in [1.29, 1.82) is 0 Å². The third-order valence-electron chi connectivity index (χ3n) is 4.32. The van der Waals surface area contributed by atoms with E-state index in [4.69, 9.17) is 11.6 Å². The zero-order valence-corrected chi connectivity index (χ0v) is 13.3. The van der Waals surface area contributed by atoms with Crippen LogP contribution < -0.4 is 4.90 Å². The first-order valence-corrected chi connectivity index (χ1v) is 8.11. The lowest BCUT2D eigenvalue weighted by Crippen LogP contribution is -2.53. The highest BCUT2D eigenvalue weighted by Gasteiger charge is 2.30. The van der Waals surface area contributed by atoms with Gasteiger partial charge in [0.15, 0.2) is 0 Å². The fraction of sp³-hybridized carbons (Fsp3) is 0.500. The molecule has 0 spiro atoms. The van der Waals surface area contributed by atoms with E-state index in [1.54, 1.807) is 9.80 Å². The molecule has 1 aromatic carbocycles. The summed E-state index contributed by atoms with van der Waals surface area (Å²) < 4.78 is 0. The quantitative estimate of drug-likeness (QED) is 0.738. The van der Waals surface area contributed by atoms with Crippen molar-refractivity contribution >= 4 is 29.1 Å². The molecule has 0 unspecified atom stereocenters. The van der Waals surface area contributed by atoms with Gasteiger partial charge in [0.2, 0.25) is 0 Å².